The largest absolute Gasteiger partial charge is 0.478 e. The third kappa shape index (κ3) is 3.38. The third-order valence-electron chi connectivity index (χ3n) is 4.01. The molecule has 4 nitrogen and oxygen atoms in total. The predicted octanol–water partition coefficient (Wildman–Crippen LogP) is 4.79. The second-order valence-electron chi connectivity index (χ2n) is 6.12. The predicted molar refractivity (Wildman–Crippen MR) is 98.9 cm³/mol. The second-order valence-corrected chi connectivity index (χ2v) is 6.12. The van der Waals surface area contributed by atoms with Crippen molar-refractivity contribution in [1.29, 1.82) is 0 Å². The van der Waals surface area contributed by atoms with Crippen LogP contribution in [0.4, 0.5) is 0 Å². The number of benzene rings is 2. The Hall–Kier alpha value is -3.14. The summed E-state index contributed by atoms with van der Waals surface area (Å²) in [4.78, 5) is 24.0. The first kappa shape index (κ1) is 16.7. The third-order valence-corrected chi connectivity index (χ3v) is 4.01. The quantitative estimate of drug-likeness (QED) is 0.745. The van der Waals surface area contributed by atoms with E-state index in [0.717, 1.165) is 5.56 Å². The Morgan fingerprint density at radius 3 is 2.44 bits per heavy atom. The summed E-state index contributed by atoms with van der Waals surface area (Å²) in [5, 5.41) is 9.43. The minimum Gasteiger partial charge on any atom is -0.478 e. The molecule has 0 radical (unpaired) electrons. The van der Waals surface area contributed by atoms with Crippen molar-refractivity contribution in [3.63, 3.8) is 0 Å². The number of aromatic carboxylic acids is 1. The molecular formula is C21H18O4. The summed E-state index contributed by atoms with van der Waals surface area (Å²) in [6.07, 6.45) is 3.68. The first-order valence-electron chi connectivity index (χ1n) is 8.04. The van der Waals surface area contributed by atoms with Crippen LogP contribution in [0.25, 0.3) is 23.1 Å². The van der Waals surface area contributed by atoms with Gasteiger partial charge in [0.2, 0.25) is 0 Å². The zero-order valence-electron chi connectivity index (χ0n) is 14.0. The molecule has 0 saturated heterocycles. The highest BCUT2D eigenvalue weighted by atomic mass is 16.4. The van der Waals surface area contributed by atoms with Gasteiger partial charge in [-0.2, -0.15) is 0 Å². The number of rotatable bonds is 4. The number of hydrogen-bond donors (Lipinski definition) is 1. The van der Waals surface area contributed by atoms with Crippen molar-refractivity contribution < 1.29 is 14.3 Å². The van der Waals surface area contributed by atoms with Gasteiger partial charge in [-0.3, -0.25) is 4.79 Å². The van der Waals surface area contributed by atoms with Crippen LogP contribution in [0.2, 0.25) is 0 Å². The van der Waals surface area contributed by atoms with Crippen LogP contribution < -0.4 is 5.43 Å². The Labute approximate surface area is 145 Å². The molecule has 0 aliphatic carbocycles. The van der Waals surface area contributed by atoms with E-state index < -0.39 is 5.97 Å². The number of fused-ring (bicyclic) bond motifs is 1. The number of hydrogen-bond acceptors (Lipinski definition) is 3. The van der Waals surface area contributed by atoms with Gasteiger partial charge < -0.3 is 9.52 Å². The fourth-order valence-corrected chi connectivity index (χ4v) is 2.77. The molecule has 0 aliphatic heterocycles. The fraction of sp³-hybridized carbons (Fsp3) is 0.143. The maximum atomic E-state index is 12.9. The van der Waals surface area contributed by atoms with Crippen molar-refractivity contribution in [3.8, 4) is 0 Å². The fourth-order valence-electron chi connectivity index (χ4n) is 2.77. The molecule has 0 unspecified atom stereocenters. The molecule has 0 spiro atoms. The van der Waals surface area contributed by atoms with Gasteiger partial charge in [0.25, 0.3) is 0 Å². The van der Waals surface area contributed by atoms with Crippen LogP contribution in [-0.2, 0) is 0 Å². The molecule has 25 heavy (non-hydrogen) atoms. The van der Waals surface area contributed by atoms with Gasteiger partial charge in [-0.15, -0.1) is 0 Å². The Balaban J connectivity index is 2.20. The average molecular weight is 334 g/mol. The van der Waals surface area contributed by atoms with Crippen LogP contribution in [0.3, 0.4) is 0 Å². The highest BCUT2D eigenvalue weighted by molar-refractivity contribution is 5.93. The lowest BCUT2D eigenvalue weighted by atomic mass is 9.98. The van der Waals surface area contributed by atoms with Gasteiger partial charge >= 0.3 is 5.97 Å². The van der Waals surface area contributed by atoms with Gasteiger partial charge in [-0.1, -0.05) is 50.3 Å². The average Bonchev–Trinajstić information content (AvgIpc) is 2.60. The van der Waals surface area contributed by atoms with Gasteiger partial charge in [0.1, 0.15) is 11.3 Å². The van der Waals surface area contributed by atoms with Gasteiger partial charge in [-0.05, 0) is 35.8 Å². The molecule has 3 rings (SSSR count). The van der Waals surface area contributed by atoms with Crippen molar-refractivity contribution in [3.05, 3.63) is 81.2 Å². The summed E-state index contributed by atoms with van der Waals surface area (Å²) in [6, 6.07) is 14.1. The molecule has 0 atom stereocenters. The minimum atomic E-state index is -1.07. The summed E-state index contributed by atoms with van der Waals surface area (Å²) in [5.41, 5.74) is 1.81. The Bertz CT molecular complexity index is 1010. The normalized spacial score (nSPS) is 11.5. The van der Waals surface area contributed by atoms with E-state index >= 15 is 0 Å². The lowest BCUT2D eigenvalue weighted by Gasteiger charge is -2.10. The van der Waals surface area contributed by atoms with Crippen LogP contribution in [0.1, 0.15) is 47.0 Å². The van der Waals surface area contributed by atoms with Crippen molar-refractivity contribution in [2.75, 3.05) is 0 Å². The zero-order valence-corrected chi connectivity index (χ0v) is 14.0. The summed E-state index contributed by atoms with van der Waals surface area (Å²) in [7, 11) is 0. The van der Waals surface area contributed by atoms with Crippen LogP contribution in [0.5, 0.6) is 0 Å². The molecule has 1 N–H and O–H groups in total. The number of carboxylic acids is 1. The SMILES string of the molecule is CC(C)c1c(C=Cc2ccccc2)oc2ccc(C(=O)O)cc2c1=O. The van der Waals surface area contributed by atoms with E-state index in [9.17, 15) is 9.59 Å². The molecule has 2 aromatic carbocycles. The van der Waals surface area contributed by atoms with E-state index in [-0.39, 0.29) is 16.9 Å². The molecule has 1 heterocycles. The molecule has 3 aromatic rings. The van der Waals surface area contributed by atoms with Gasteiger partial charge in [0, 0.05) is 5.56 Å². The van der Waals surface area contributed by atoms with E-state index in [1.807, 2.05) is 50.3 Å². The maximum absolute atomic E-state index is 12.9. The van der Waals surface area contributed by atoms with E-state index in [2.05, 4.69) is 0 Å². The molecule has 0 saturated carbocycles. The molecule has 0 fully saturated rings. The van der Waals surface area contributed by atoms with E-state index in [0.29, 0.717) is 22.3 Å². The topological polar surface area (TPSA) is 67.5 Å². The molecule has 0 bridgehead atoms. The van der Waals surface area contributed by atoms with E-state index in [1.54, 1.807) is 6.08 Å². The standard InChI is InChI=1S/C21H18O4/c1-13(2)19-18(10-8-14-6-4-3-5-7-14)25-17-11-9-15(21(23)24)12-16(17)20(19)22/h3-13H,1-2H3,(H,23,24). The van der Waals surface area contributed by atoms with E-state index in [1.165, 1.54) is 18.2 Å². The van der Waals surface area contributed by atoms with Crippen molar-refractivity contribution >= 4 is 29.1 Å². The van der Waals surface area contributed by atoms with Crippen molar-refractivity contribution in [2.45, 2.75) is 19.8 Å². The first-order valence-corrected chi connectivity index (χ1v) is 8.04. The Morgan fingerprint density at radius 2 is 1.80 bits per heavy atom. The lowest BCUT2D eigenvalue weighted by Crippen LogP contribution is -2.13. The Kier molecular flexibility index (Phi) is 4.52. The molecule has 1 aromatic heterocycles. The molecule has 4 heteroatoms. The summed E-state index contributed by atoms with van der Waals surface area (Å²) in [5.74, 6) is -0.621. The zero-order chi connectivity index (χ0) is 18.0. The molecular weight excluding hydrogens is 316 g/mol. The number of carboxylic acid groups (broad SMARTS) is 1. The Morgan fingerprint density at radius 1 is 1.08 bits per heavy atom. The highest BCUT2D eigenvalue weighted by Crippen LogP contribution is 2.24. The van der Waals surface area contributed by atoms with Crippen LogP contribution >= 0.6 is 0 Å². The summed E-state index contributed by atoms with van der Waals surface area (Å²) in [6.45, 7) is 3.83. The van der Waals surface area contributed by atoms with Crippen LogP contribution in [-0.4, -0.2) is 11.1 Å². The smallest absolute Gasteiger partial charge is 0.335 e. The van der Waals surface area contributed by atoms with Gasteiger partial charge in [-0.25, -0.2) is 4.79 Å². The van der Waals surface area contributed by atoms with Crippen LogP contribution in [0.15, 0.2) is 57.7 Å². The highest BCUT2D eigenvalue weighted by Gasteiger charge is 2.17. The maximum Gasteiger partial charge on any atom is 0.335 e. The summed E-state index contributed by atoms with van der Waals surface area (Å²) < 4.78 is 5.91. The van der Waals surface area contributed by atoms with E-state index in [4.69, 9.17) is 9.52 Å². The van der Waals surface area contributed by atoms with Gasteiger partial charge in [0.05, 0.1) is 10.9 Å². The first-order chi connectivity index (χ1) is 12.0. The minimum absolute atomic E-state index is 0.0513. The molecule has 0 amide bonds. The lowest BCUT2D eigenvalue weighted by molar-refractivity contribution is 0.0697. The number of carbonyl (C=O) groups is 1. The molecule has 0 aliphatic rings. The van der Waals surface area contributed by atoms with Crippen LogP contribution in [0, 0.1) is 0 Å². The van der Waals surface area contributed by atoms with Gasteiger partial charge in [0.15, 0.2) is 5.43 Å². The van der Waals surface area contributed by atoms with Crippen molar-refractivity contribution in [1.82, 2.24) is 0 Å². The monoisotopic (exact) mass is 334 g/mol. The summed E-state index contributed by atoms with van der Waals surface area (Å²) >= 11 is 0. The second kappa shape index (κ2) is 6.77. The van der Waals surface area contributed by atoms with Crippen molar-refractivity contribution in [2.24, 2.45) is 0 Å². The molecule has 126 valence electrons.